The van der Waals surface area contributed by atoms with E-state index in [2.05, 4.69) is 0 Å². The predicted octanol–water partition coefficient (Wildman–Crippen LogP) is 6.73. The molecule has 0 radical (unpaired) electrons. The van der Waals surface area contributed by atoms with Crippen LogP contribution in [0.3, 0.4) is 0 Å². The zero-order chi connectivity index (χ0) is 33.5. The lowest BCUT2D eigenvalue weighted by atomic mass is 10.0. The van der Waals surface area contributed by atoms with Crippen LogP contribution >= 0.6 is 0 Å². The second kappa shape index (κ2) is 16.9. The van der Waals surface area contributed by atoms with Gasteiger partial charge in [0.15, 0.2) is 11.2 Å². The highest BCUT2D eigenvalue weighted by atomic mass is 16.6. The third-order valence-electron chi connectivity index (χ3n) is 7.61. The minimum atomic E-state index is -1.40. The first-order valence-electron chi connectivity index (χ1n) is 15.4. The van der Waals surface area contributed by atoms with Crippen LogP contribution in [0.25, 0.3) is 0 Å². The monoisotopic (exact) mass is 638 g/mol. The quantitative estimate of drug-likeness (QED) is 0.0974. The van der Waals surface area contributed by atoms with Crippen molar-refractivity contribution in [3.63, 3.8) is 0 Å². The molecule has 0 amide bonds. The lowest BCUT2D eigenvalue weighted by molar-refractivity contribution is -0.135. The van der Waals surface area contributed by atoms with Crippen LogP contribution in [0.2, 0.25) is 0 Å². The Morgan fingerprint density at radius 3 is 0.979 bits per heavy atom. The summed E-state index contributed by atoms with van der Waals surface area (Å²) >= 11 is 0. The van der Waals surface area contributed by atoms with Crippen LogP contribution < -0.4 is 0 Å². The Bertz CT molecular complexity index is 1470. The van der Waals surface area contributed by atoms with Gasteiger partial charge in [-0.3, -0.25) is 0 Å². The fourth-order valence-electron chi connectivity index (χ4n) is 4.55. The summed E-state index contributed by atoms with van der Waals surface area (Å²) in [7, 11) is 0. The third kappa shape index (κ3) is 9.85. The lowest BCUT2D eigenvalue weighted by Gasteiger charge is -2.35. The van der Waals surface area contributed by atoms with Gasteiger partial charge >= 0.3 is 23.9 Å². The first-order valence-corrected chi connectivity index (χ1v) is 15.4. The van der Waals surface area contributed by atoms with E-state index in [-0.39, 0.29) is 39.3 Å². The van der Waals surface area contributed by atoms with Gasteiger partial charge in [-0.25, -0.2) is 19.2 Å². The Labute approximate surface area is 274 Å². The van der Waals surface area contributed by atoms with Crippen molar-refractivity contribution < 1.29 is 42.9 Å². The number of hydrogen-bond donors (Lipinski definition) is 0. The molecule has 2 unspecified atom stereocenters. The smallest absolute Gasteiger partial charge is 0.338 e. The van der Waals surface area contributed by atoms with Crippen LogP contribution in [0.1, 0.15) is 68.1 Å². The van der Waals surface area contributed by atoms with E-state index in [4.69, 9.17) is 23.7 Å². The van der Waals surface area contributed by atoms with Crippen molar-refractivity contribution in [1.29, 1.82) is 0 Å². The molecule has 0 saturated heterocycles. The van der Waals surface area contributed by atoms with Crippen molar-refractivity contribution in [3.8, 4) is 0 Å². The first-order chi connectivity index (χ1) is 22.8. The van der Waals surface area contributed by atoms with Gasteiger partial charge < -0.3 is 23.7 Å². The van der Waals surface area contributed by atoms with E-state index in [9.17, 15) is 19.2 Å². The van der Waals surface area contributed by atoms with Crippen molar-refractivity contribution in [2.24, 2.45) is 0 Å². The molecule has 4 aromatic rings. The molecule has 0 saturated carbocycles. The molecule has 0 aliphatic rings. The van der Waals surface area contributed by atoms with Crippen LogP contribution in [0, 0.1) is 0 Å². The van der Waals surface area contributed by atoms with Crippen LogP contribution in [-0.2, 0) is 23.7 Å². The fraction of sp³-hybridized carbons (Fsp3) is 0.263. The zero-order valence-electron chi connectivity index (χ0n) is 26.5. The second-order valence-electron chi connectivity index (χ2n) is 11.0. The molecule has 4 aromatic carbocycles. The van der Waals surface area contributed by atoms with Crippen molar-refractivity contribution in [2.45, 2.75) is 37.9 Å². The van der Waals surface area contributed by atoms with E-state index < -0.39 is 35.1 Å². The topological polar surface area (TPSA) is 114 Å². The highest BCUT2D eigenvalue weighted by Crippen LogP contribution is 2.25. The van der Waals surface area contributed by atoms with Gasteiger partial charge in [0.1, 0.15) is 13.2 Å². The van der Waals surface area contributed by atoms with Gasteiger partial charge in [-0.15, -0.1) is 0 Å². The average Bonchev–Trinajstić information content (AvgIpc) is 3.13. The Kier molecular flexibility index (Phi) is 12.4. The maximum Gasteiger partial charge on any atom is 0.338 e. The first kappa shape index (κ1) is 34.6. The molecule has 244 valence electrons. The molecule has 4 rings (SSSR count). The van der Waals surface area contributed by atoms with E-state index in [1.54, 1.807) is 135 Å². The van der Waals surface area contributed by atoms with Gasteiger partial charge in [0.2, 0.25) is 0 Å². The summed E-state index contributed by atoms with van der Waals surface area (Å²) in [5, 5.41) is 0. The SMILES string of the molecule is CCC(COCC(CC)(COC(=O)c1ccccc1)OC(=O)c1ccccc1)(COC(=O)c1ccccc1)OC(=O)c1ccccc1. The molecule has 2 atom stereocenters. The molecule has 0 aliphatic heterocycles. The van der Waals surface area contributed by atoms with Crippen molar-refractivity contribution in [1.82, 2.24) is 0 Å². The Balaban J connectivity index is 1.55. The third-order valence-corrected chi connectivity index (χ3v) is 7.61. The molecule has 0 N–H and O–H groups in total. The molecule has 0 heterocycles. The summed E-state index contributed by atoms with van der Waals surface area (Å²) in [5.41, 5.74) is -1.50. The van der Waals surface area contributed by atoms with E-state index in [0.717, 1.165) is 0 Å². The molecular formula is C38H38O9. The molecule has 9 heteroatoms. The highest BCUT2D eigenvalue weighted by molar-refractivity contribution is 5.91. The fourth-order valence-corrected chi connectivity index (χ4v) is 4.55. The predicted molar refractivity (Wildman–Crippen MR) is 174 cm³/mol. The number of esters is 4. The number of ether oxygens (including phenoxy) is 5. The summed E-state index contributed by atoms with van der Waals surface area (Å²) in [6, 6.07) is 33.8. The number of hydrogen-bond acceptors (Lipinski definition) is 9. The summed E-state index contributed by atoms with van der Waals surface area (Å²) in [4.78, 5) is 52.1. The van der Waals surface area contributed by atoms with Gasteiger partial charge in [0.05, 0.1) is 35.5 Å². The van der Waals surface area contributed by atoms with Gasteiger partial charge in [-0.2, -0.15) is 0 Å². The number of carbonyl (C=O) groups is 4. The number of benzene rings is 4. The highest BCUT2D eigenvalue weighted by Gasteiger charge is 2.40. The van der Waals surface area contributed by atoms with Crippen molar-refractivity contribution in [3.05, 3.63) is 144 Å². The molecule has 9 nitrogen and oxygen atoms in total. The Hall–Kier alpha value is -5.28. The largest absolute Gasteiger partial charge is 0.458 e. The molecule has 47 heavy (non-hydrogen) atoms. The number of carbonyl (C=O) groups excluding carboxylic acids is 4. The van der Waals surface area contributed by atoms with Gasteiger partial charge in [-0.1, -0.05) is 86.6 Å². The summed E-state index contributed by atoms with van der Waals surface area (Å²) in [6.07, 6.45) is 0.444. The van der Waals surface area contributed by atoms with E-state index >= 15 is 0 Å². The zero-order valence-corrected chi connectivity index (χ0v) is 26.5. The maximum absolute atomic E-state index is 13.2. The average molecular weight is 639 g/mol. The summed E-state index contributed by atoms with van der Waals surface area (Å²) in [6.45, 7) is 2.51. The van der Waals surface area contributed by atoms with Crippen LogP contribution in [0.5, 0.6) is 0 Å². The molecular weight excluding hydrogens is 600 g/mol. The Morgan fingerprint density at radius 2 is 0.702 bits per heavy atom. The molecule has 0 bridgehead atoms. The van der Waals surface area contributed by atoms with Crippen molar-refractivity contribution in [2.75, 3.05) is 26.4 Å². The normalized spacial score (nSPS) is 13.3. The summed E-state index contributed by atoms with van der Waals surface area (Å²) < 4.78 is 29.4. The van der Waals surface area contributed by atoms with Crippen LogP contribution in [0.4, 0.5) is 0 Å². The summed E-state index contributed by atoms with van der Waals surface area (Å²) in [5.74, 6) is -2.43. The van der Waals surface area contributed by atoms with Crippen LogP contribution in [-0.4, -0.2) is 61.5 Å². The van der Waals surface area contributed by atoms with Crippen molar-refractivity contribution >= 4 is 23.9 Å². The van der Waals surface area contributed by atoms with Crippen LogP contribution in [0.15, 0.2) is 121 Å². The molecule has 0 spiro atoms. The van der Waals surface area contributed by atoms with Gasteiger partial charge in [-0.05, 0) is 61.4 Å². The lowest BCUT2D eigenvalue weighted by Crippen LogP contribution is -2.48. The minimum Gasteiger partial charge on any atom is -0.458 e. The van der Waals surface area contributed by atoms with E-state index in [1.165, 1.54) is 0 Å². The van der Waals surface area contributed by atoms with Gasteiger partial charge in [0.25, 0.3) is 0 Å². The molecule has 0 aromatic heterocycles. The Morgan fingerprint density at radius 1 is 0.426 bits per heavy atom. The molecule has 0 fully saturated rings. The van der Waals surface area contributed by atoms with E-state index in [1.807, 2.05) is 0 Å². The van der Waals surface area contributed by atoms with E-state index in [0.29, 0.717) is 22.3 Å². The second-order valence-corrected chi connectivity index (χ2v) is 11.0. The van der Waals surface area contributed by atoms with Gasteiger partial charge in [0, 0.05) is 0 Å². The minimum absolute atomic E-state index is 0.221. The maximum atomic E-state index is 13.2. The standard InChI is InChI=1S/C38H38O9/c1-3-37(46-35(41)31-21-13-7-14-22-31,27-44-33(39)29-17-9-5-10-18-29)25-43-26-38(4-2,47-36(42)32-23-15-8-16-24-32)28-45-34(40)30-19-11-6-12-20-30/h5-24H,3-4,25-28H2,1-2H3. The number of rotatable bonds is 16. The molecule has 0 aliphatic carbocycles.